The second-order valence-corrected chi connectivity index (χ2v) is 5.28. The first-order valence-electron chi connectivity index (χ1n) is 6.69. The maximum atomic E-state index is 12.1. The molecule has 1 aliphatic rings. The van der Waals surface area contributed by atoms with Crippen molar-refractivity contribution in [1.82, 2.24) is 10.2 Å². The fourth-order valence-electron chi connectivity index (χ4n) is 2.56. The lowest BCUT2D eigenvalue weighted by Crippen LogP contribution is -2.40. The van der Waals surface area contributed by atoms with Gasteiger partial charge in [0.15, 0.2) is 0 Å². The van der Waals surface area contributed by atoms with Crippen LogP contribution < -0.4 is 11.1 Å². The van der Waals surface area contributed by atoms with Gasteiger partial charge in [-0.1, -0.05) is 18.5 Å². The Hall–Kier alpha value is -1.26. The summed E-state index contributed by atoms with van der Waals surface area (Å²) < 4.78 is 0. The number of carbonyl (C=O) groups is 1. The highest BCUT2D eigenvalue weighted by atomic mass is 35.5. The molecule has 19 heavy (non-hydrogen) atoms. The zero-order valence-electron chi connectivity index (χ0n) is 11.2. The first kappa shape index (κ1) is 14.2. The number of anilines is 1. The fraction of sp³-hybridized carbons (Fsp3) is 0.500. The Morgan fingerprint density at radius 1 is 1.58 bits per heavy atom. The molecule has 0 aromatic heterocycles. The molecule has 1 amide bonds. The Morgan fingerprint density at radius 2 is 2.37 bits per heavy atom. The van der Waals surface area contributed by atoms with Crippen molar-refractivity contribution in [2.45, 2.75) is 25.8 Å². The number of likely N-dealkylation sites (N-methyl/N-ethyl adjacent to an activating group) is 1. The van der Waals surface area contributed by atoms with Gasteiger partial charge in [-0.15, -0.1) is 0 Å². The Kier molecular flexibility index (Phi) is 4.66. The predicted molar refractivity (Wildman–Crippen MR) is 78.5 cm³/mol. The predicted octanol–water partition coefficient (Wildman–Crippen LogP) is 2.14. The Labute approximate surface area is 118 Å². The van der Waals surface area contributed by atoms with Gasteiger partial charge in [0, 0.05) is 18.3 Å². The average Bonchev–Trinajstić information content (AvgIpc) is 2.83. The average molecular weight is 282 g/mol. The van der Waals surface area contributed by atoms with Crippen molar-refractivity contribution in [1.29, 1.82) is 0 Å². The molecular formula is C14H20ClN3O. The van der Waals surface area contributed by atoms with E-state index in [1.807, 2.05) is 0 Å². The van der Waals surface area contributed by atoms with Crippen LogP contribution in [0.3, 0.4) is 0 Å². The molecule has 3 N–H and O–H groups in total. The molecular weight excluding hydrogens is 262 g/mol. The zero-order chi connectivity index (χ0) is 13.8. The number of nitrogens with zero attached hydrogens (tertiary/aromatic N) is 1. The van der Waals surface area contributed by atoms with E-state index in [1.54, 1.807) is 18.2 Å². The molecule has 5 heteroatoms. The number of likely N-dealkylation sites (tertiary alicyclic amines) is 1. The summed E-state index contributed by atoms with van der Waals surface area (Å²) in [4.78, 5) is 14.5. The van der Waals surface area contributed by atoms with Crippen molar-refractivity contribution in [3.05, 3.63) is 28.8 Å². The Bertz CT molecular complexity index is 464. The van der Waals surface area contributed by atoms with E-state index in [-0.39, 0.29) is 5.91 Å². The quantitative estimate of drug-likeness (QED) is 0.832. The van der Waals surface area contributed by atoms with E-state index in [0.29, 0.717) is 28.9 Å². The normalized spacial score (nSPS) is 19.6. The zero-order valence-corrected chi connectivity index (χ0v) is 11.9. The topological polar surface area (TPSA) is 58.4 Å². The van der Waals surface area contributed by atoms with E-state index in [9.17, 15) is 4.79 Å². The van der Waals surface area contributed by atoms with Crippen molar-refractivity contribution in [2.24, 2.45) is 0 Å². The van der Waals surface area contributed by atoms with Crippen LogP contribution in [0.1, 0.15) is 30.1 Å². The molecule has 0 aliphatic carbocycles. The van der Waals surface area contributed by atoms with Crippen LogP contribution in [0.15, 0.2) is 18.2 Å². The SMILES string of the molecule is CCN1CCCC1CNC(=O)c1ccc(N)cc1Cl. The van der Waals surface area contributed by atoms with Crippen LogP contribution in [-0.4, -0.2) is 36.5 Å². The second-order valence-electron chi connectivity index (χ2n) is 4.87. The number of halogens is 1. The first-order valence-corrected chi connectivity index (χ1v) is 7.07. The number of hydrogen-bond donors (Lipinski definition) is 2. The van der Waals surface area contributed by atoms with Crippen LogP contribution in [0, 0.1) is 0 Å². The highest BCUT2D eigenvalue weighted by molar-refractivity contribution is 6.34. The lowest BCUT2D eigenvalue weighted by atomic mass is 10.1. The number of hydrogen-bond acceptors (Lipinski definition) is 3. The third kappa shape index (κ3) is 3.39. The summed E-state index contributed by atoms with van der Waals surface area (Å²) in [6.07, 6.45) is 2.35. The molecule has 0 bridgehead atoms. The van der Waals surface area contributed by atoms with Crippen LogP contribution in [-0.2, 0) is 0 Å². The van der Waals surface area contributed by atoms with Crippen LogP contribution in [0.2, 0.25) is 5.02 Å². The minimum absolute atomic E-state index is 0.132. The lowest BCUT2D eigenvalue weighted by Gasteiger charge is -2.23. The van der Waals surface area contributed by atoms with Crippen LogP contribution >= 0.6 is 11.6 Å². The van der Waals surface area contributed by atoms with Crippen molar-refractivity contribution in [3.63, 3.8) is 0 Å². The van der Waals surface area contributed by atoms with E-state index >= 15 is 0 Å². The van der Waals surface area contributed by atoms with Crippen molar-refractivity contribution < 1.29 is 4.79 Å². The van der Waals surface area contributed by atoms with Crippen LogP contribution in [0.4, 0.5) is 5.69 Å². The molecule has 1 fully saturated rings. The van der Waals surface area contributed by atoms with Crippen molar-refractivity contribution in [2.75, 3.05) is 25.4 Å². The summed E-state index contributed by atoms with van der Waals surface area (Å²) in [6, 6.07) is 5.40. The molecule has 104 valence electrons. The summed E-state index contributed by atoms with van der Waals surface area (Å²) in [6.45, 7) is 4.98. The number of rotatable bonds is 4. The van der Waals surface area contributed by atoms with E-state index in [0.717, 1.165) is 19.5 Å². The molecule has 1 saturated heterocycles. The fourth-order valence-corrected chi connectivity index (χ4v) is 2.84. The highest BCUT2D eigenvalue weighted by Gasteiger charge is 2.23. The molecule has 1 aliphatic heterocycles. The van der Waals surface area contributed by atoms with E-state index in [1.165, 1.54) is 6.42 Å². The van der Waals surface area contributed by atoms with Crippen molar-refractivity contribution >= 4 is 23.2 Å². The minimum atomic E-state index is -0.132. The summed E-state index contributed by atoms with van der Waals surface area (Å²) in [5, 5.41) is 3.36. The number of nitrogen functional groups attached to an aromatic ring is 1. The molecule has 0 saturated carbocycles. The molecule has 1 aromatic carbocycles. The molecule has 4 nitrogen and oxygen atoms in total. The molecule has 0 spiro atoms. The summed E-state index contributed by atoms with van der Waals surface area (Å²) in [5.74, 6) is -0.132. The molecule has 0 radical (unpaired) electrons. The Morgan fingerprint density at radius 3 is 3.05 bits per heavy atom. The van der Waals surface area contributed by atoms with Gasteiger partial charge in [0.2, 0.25) is 0 Å². The van der Waals surface area contributed by atoms with Crippen LogP contribution in [0.25, 0.3) is 0 Å². The largest absolute Gasteiger partial charge is 0.399 e. The molecule has 1 heterocycles. The number of nitrogens with one attached hydrogen (secondary N) is 1. The van der Waals surface area contributed by atoms with E-state index < -0.39 is 0 Å². The summed E-state index contributed by atoms with van der Waals surface area (Å²) >= 11 is 6.02. The van der Waals surface area contributed by atoms with Gasteiger partial charge in [-0.2, -0.15) is 0 Å². The van der Waals surface area contributed by atoms with Gasteiger partial charge in [-0.3, -0.25) is 9.69 Å². The number of nitrogens with two attached hydrogens (primary N) is 1. The van der Waals surface area contributed by atoms with E-state index in [4.69, 9.17) is 17.3 Å². The summed E-state index contributed by atoms with van der Waals surface area (Å²) in [5.41, 5.74) is 6.66. The number of carbonyl (C=O) groups excluding carboxylic acids is 1. The van der Waals surface area contributed by atoms with Crippen LogP contribution in [0.5, 0.6) is 0 Å². The molecule has 1 atom stereocenters. The molecule has 1 aromatic rings. The van der Waals surface area contributed by atoms with Gasteiger partial charge in [-0.25, -0.2) is 0 Å². The maximum Gasteiger partial charge on any atom is 0.252 e. The minimum Gasteiger partial charge on any atom is -0.399 e. The summed E-state index contributed by atoms with van der Waals surface area (Å²) in [7, 11) is 0. The monoisotopic (exact) mass is 281 g/mol. The number of amides is 1. The molecule has 1 unspecified atom stereocenters. The highest BCUT2D eigenvalue weighted by Crippen LogP contribution is 2.20. The second kappa shape index (κ2) is 6.26. The number of benzene rings is 1. The van der Waals surface area contributed by atoms with Gasteiger partial charge in [0.25, 0.3) is 5.91 Å². The standard InChI is InChI=1S/C14H20ClN3O/c1-2-18-7-3-4-11(18)9-17-14(19)12-6-5-10(16)8-13(12)15/h5-6,8,11H,2-4,7,9,16H2,1H3,(H,17,19). The Balaban J connectivity index is 1.94. The maximum absolute atomic E-state index is 12.1. The van der Waals surface area contributed by atoms with Gasteiger partial charge in [0.05, 0.1) is 10.6 Å². The smallest absolute Gasteiger partial charge is 0.252 e. The van der Waals surface area contributed by atoms with Gasteiger partial charge < -0.3 is 11.1 Å². The molecule has 2 rings (SSSR count). The van der Waals surface area contributed by atoms with E-state index in [2.05, 4.69) is 17.1 Å². The lowest BCUT2D eigenvalue weighted by molar-refractivity contribution is 0.0941. The van der Waals surface area contributed by atoms with Crippen molar-refractivity contribution in [3.8, 4) is 0 Å². The third-order valence-corrected chi connectivity index (χ3v) is 3.95. The van der Waals surface area contributed by atoms with Gasteiger partial charge in [0.1, 0.15) is 0 Å². The first-order chi connectivity index (χ1) is 9.11. The van der Waals surface area contributed by atoms with Gasteiger partial charge in [-0.05, 0) is 44.1 Å². The third-order valence-electron chi connectivity index (χ3n) is 3.64. The van der Waals surface area contributed by atoms with Gasteiger partial charge >= 0.3 is 0 Å².